The molecule has 2 aromatic carbocycles. The largest absolute Gasteiger partial charge is 0.350 e. The van der Waals surface area contributed by atoms with Crippen LogP contribution < -0.4 is 11.0 Å². The van der Waals surface area contributed by atoms with Crippen LogP contribution in [0.2, 0.25) is 0 Å². The van der Waals surface area contributed by atoms with Crippen molar-refractivity contribution in [3.05, 3.63) is 70.0 Å². The zero-order chi connectivity index (χ0) is 22.1. The summed E-state index contributed by atoms with van der Waals surface area (Å²) in [4.78, 5) is 30.1. The first-order valence-electron chi connectivity index (χ1n) is 10.2. The van der Waals surface area contributed by atoms with E-state index in [4.69, 9.17) is 4.52 Å². The summed E-state index contributed by atoms with van der Waals surface area (Å²) in [5.41, 5.74) is 4.08. The predicted octanol–water partition coefficient (Wildman–Crippen LogP) is 3.37. The third-order valence-corrected chi connectivity index (χ3v) is 5.18. The Kier molecular flexibility index (Phi) is 5.46. The lowest BCUT2D eigenvalue weighted by molar-refractivity contribution is -0.121. The molecule has 1 N–H and O–H groups in total. The van der Waals surface area contributed by atoms with Crippen LogP contribution in [0.5, 0.6) is 0 Å². The molecule has 0 saturated carbocycles. The third kappa shape index (κ3) is 4.14. The molecule has 8 heteroatoms. The number of aromatic nitrogens is 4. The molecule has 0 saturated heterocycles. The first-order valence-corrected chi connectivity index (χ1v) is 10.2. The zero-order valence-corrected chi connectivity index (χ0v) is 18.0. The Bertz CT molecular complexity index is 1300. The van der Waals surface area contributed by atoms with E-state index >= 15 is 0 Å². The van der Waals surface area contributed by atoms with Gasteiger partial charge in [0.15, 0.2) is 0 Å². The molecule has 4 aromatic rings. The van der Waals surface area contributed by atoms with E-state index in [2.05, 4.69) is 15.5 Å². The van der Waals surface area contributed by atoms with Crippen LogP contribution in [0.1, 0.15) is 36.9 Å². The summed E-state index contributed by atoms with van der Waals surface area (Å²) in [7, 11) is 0. The summed E-state index contributed by atoms with van der Waals surface area (Å²) in [5.74, 6) is 0.675. The Morgan fingerprint density at radius 3 is 2.48 bits per heavy atom. The molecule has 0 aliphatic carbocycles. The molecule has 0 aliphatic heterocycles. The second-order valence-corrected chi connectivity index (χ2v) is 7.94. The van der Waals surface area contributed by atoms with Gasteiger partial charge in [0.25, 0.3) is 0 Å². The number of nitrogens with one attached hydrogen (secondary N) is 1. The highest BCUT2D eigenvalue weighted by Gasteiger charge is 2.19. The molecular formula is C23H25N5O3. The van der Waals surface area contributed by atoms with E-state index in [0.29, 0.717) is 23.8 Å². The smallest absolute Gasteiger partial charge is 0.329 e. The van der Waals surface area contributed by atoms with Crippen molar-refractivity contribution >= 4 is 16.9 Å². The van der Waals surface area contributed by atoms with Crippen molar-refractivity contribution in [2.45, 2.75) is 46.8 Å². The summed E-state index contributed by atoms with van der Waals surface area (Å²) in [5, 5.41) is 6.86. The van der Waals surface area contributed by atoms with E-state index in [9.17, 15) is 9.59 Å². The predicted molar refractivity (Wildman–Crippen MR) is 118 cm³/mol. The number of carbonyl (C=O) groups excluding carboxylic acids is 1. The average Bonchev–Trinajstić information content (AvgIpc) is 3.28. The van der Waals surface area contributed by atoms with Crippen LogP contribution in [0.25, 0.3) is 22.4 Å². The van der Waals surface area contributed by atoms with Crippen LogP contribution in [0.3, 0.4) is 0 Å². The standard InChI is InChI=1S/C23H25N5O3/c1-14(2)28-19-10-9-18(22-25-16(4)31-26-22)11-20(19)27(23(28)30)13-21(29)24-12-17-7-5-15(3)6-8-17/h5-11,14H,12-13H2,1-4H3,(H,24,29). The van der Waals surface area contributed by atoms with Crippen molar-refractivity contribution in [2.24, 2.45) is 0 Å². The van der Waals surface area contributed by atoms with Gasteiger partial charge in [-0.25, -0.2) is 4.79 Å². The molecule has 0 atom stereocenters. The molecule has 0 aliphatic rings. The van der Waals surface area contributed by atoms with Crippen LogP contribution in [-0.2, 0) is 17.9 Å². The molecule has 1 amide bonds. The van der Waals surface area contributed by atoms with Gasteiger partial charge >= 0.3 is 5.69 Å². The minimum Gasteiger partial charge on any atom is -0.350 e. The van der Waals surface area contributed by atoms with Crippen LogP contribution in [0.15, 0.2) is 51.8 Å². The second kappa shape index (κ2) is 8.22. The van der Waals surface area contributed by atoms with Crippen molar-refractivity contribution in [1.82, 2.24) is 24.6 Å². The molecule has 0 bridgehead atoms. The van der Waals surface area contributed by atoms with E-state index in [1.54, 1.807) is 11.5 Å². The quantitative estimate of drug-likeness (QED) is 0.517. The number of nitrogens with zero attached hydrogens (tertiary/aromatic N) is 4. The summed E-state index contributed by atoms with van der Waals surface area (Å²) < 4.78 is 8.26. The first kappa shape index (κ1) is 20.6. The fourth-order valence-corrected chi connectivity index (χ4v) is 3.59. The van der Waals surface area contributed by atoms with Gasteiger partial charge in [-0.3, -0.25) is 13.9 Å². The Morgan fingerprint density at radius 2 is 1.84 bits per heavy atom. The number of benzene rings is 2. The summed E-state index contributed by atoms with van der Waals surface area (Å²) in [6.07, 6.45) is 0. The normalized spacial score (nSPS) is 11.4. The molecule has 8 nitrogen and oxygen atoms in total. The molecule has 0 fully saturated rings. The van der Waals surface area contributed by atoms with Crippen LogP contribution in [0, 0.1) is 13.8 Å². The minimum absolute atomic E-state index is 0.0508. The summed E-state index contributed by atoms with van der Waals surface area (Å²) in [6, 6.07) is 13.5. The van der Waals surface area contributed by atoms with Gasteiger partial charge in [-0.2, -0.15) is 4.98 Å². The molecular weight excluding hydrogens is 394 g/mol. The Balaban J connectivity index is 1.66. The number of fused-ring (bicyclic) bond motifs is 1. The molecule has 0 radical (unpaired) electrons. The Labute approximate surface area is 179 Å². The van der Waals surface area contributed by atoms with Crippen molar-refractivity contribution in [1.29, 1.82) is 0 Å². The molecule has 2 aromatic heterocycles. The lowest BCUT2D eigenvalue weighted by atomic mass is 10.1. The van der Waals surface area contributed by atoms with Crippen LogP contribution in [0.4, 0.5) is 0 Å². The second-order valence-electron chi connectivity index (χ2n) is 7.94. The average molecular weight is 419 g/mol. The SMILES string of the molecule is Cc1ccc(CNC(=O)Cn2c(=O)n(C(C)C)c3ccc(-c4noc(C)n4)cc32)cc1. The van der Waals surface area contributed by atoms with Crippen molar-refractivity contribution in [3.8, 4) is 11.4 Å². The van der Waals surface area contributed by atoms with Crippen molar-refractivity contribution in [2.75, 3.05) is 0 Å². The van der Waals surface area contributed by atoms with E-state index < -0.39 is 0 Å². The maximum absolute atomic E-state index is 13.1. The highest BCUT2D eigenvalue weighted by Crippen LogP contribution is 2.24. The highest BCUT2D eigenvalue weighted by atomic mass is 16.5. The summed E-state index contributed by atoms with van der Waals surface area (Å²) >= 11 is 0. The monoisotopic (exact) mass is 419 g/mol. The minimum atomic E-state index is -0.230. The van der Waals surface area contributed by atoms with Crippen molar-refractivity contribution in [3.63, 3.8) is 0 Å². The van der Waals surface area contributed by atoms with Gasteiger partial charge < -0.3 is 9.84 Å². The molecule has 2 heterocycles. The maximum atomic E-state index is 13.1. The lowest BCUT2D eigenvalue weighted by Crippen LogP contribution is -2.33. The van der Waals surface area contributed by atoms with E-state index in [1.165, 1.54) is 4.57 Å². The summed E-state index contributed by atoms with van der Waals surface area (Å²) in [6.45, 7) is 7.96. The Hall–Kier alpha value is -3.68. The van der Waals surface area contributed by atoms with Gasteiger partial charge in [0.2, 0.25) is 17.6 Å². The first-order chi connectivity index (χ1) is 14.8. The molecule has 160 valence electrons. The number of hydrogen-bond donors (Lipinski definition) is 1. The van der Waals surface area contributed by atoms with E-state index in [0.717, 1.165) is 22.2 Å². The van der Waals surface area contributed by atoms with Gasteiger partial charge in [-0.15, -0.1) is 0 Å². The number of carbonyl (C=O) groups is 1. The van der Waals surface area contributed by atoms with Gasteiger partial charge in [0, 0.05) is 25.1 Å². The van der Waals surface area contributed by atoms with Crippen LogP contribution in [-0.4, -0.2) is 25.2 Å². The lowest BCUT2D eigenvalue weighted by Gasteiger charge is -2.07. The fraction of sp³-hybridized carbons (Fsp3) is 0.304. The zero-order valence-electron chi connectivity index (χ0n) is 18.0. The van der Waals surface area contributed by atoms with E-state index in [-0.39, 0.29) is 24.2 Å². The third-order valence-electron chi connectivity index (χ3n) is 5.18. The molecule has 4 rings (SSSR count). The Morgan fingerprint density at radius 1 is 1.10 bits per heavy atom. The van der Waals surface area contributed by atoms with Gasteiger partial charge in [-0.05, 0) is 44.5 Å². The number of rotatable bonds is 6. The molecule has 31 heavy (non-hydrogen) atoms. The van der Waals surface area contributed by atoms with Gasteiger partial charge in [-0.1, -0.05) is 35.0 Å². The number of amides is 1. The van der Waals surface area contributed by atoms with Crippen LogP contribution >= 0.6 is 0 Å². The highest BCUT2D eigenvalue weighted by molar-refractivity contribution is 5.84. The number of hydrogen-bond acceptors (Lipinski definition) is 5. The van der Waals surface area contributed by atoms with E-state index in [1.807, 2.05) is 63.2 Å². The maximum Gasteiger partial charge on any atom is 0.329 e. The topological polar surface area (TPSA) is 95.0 Å². The van der Waals surface area contributed by atoms with Crippen molar-refractivity contribution < 1.29 is 9.32 Å². The number of imidazole rings is 1. The number of aryl methyl sites for hydroxylation is 2. The molecule has 0 spiro atoms. The van der Waals surface area contributed by atoms with Gasteiger partial charge in [0.1, 0.15) is 6.54 Å². The molecule has 0 unspecified atom stereocenters. The van der Waals surface area contributed by atoms with Gasteiger partial charge in [0.05, 0.1) is 11.0 Å². The fourth-order valence-electron chi connectivity index (χ4n) is 3.59.